The molecule has 70 heavy (non-hydrogen) atoms. The lowest BCUT2D eigenvalue weighted by molar-refractivity contribution is 0.593. The zero-order valence-corrected chi connectivity index (χ0v) is 46.2. The van der Waals surface area contributed by atoms with Gasteiger partial charge in [0.2, 0.25) is 0 Å². The highest BCUT2D eigenvalue weighted by molar-refractivity contribution is 7.19. The third-order valence-corrected chi connectivity index (χ3v) is 17.6. The molecule has 0 aliphatic rings. The van der Waals surface area contributed by atoms with Crippen molar-refractivity contribution in [1.82, 2.24) is 23.7 Å². The van der Waals surface area contributed by atoms with E-state index in [9.17, 15) is 0 Å². The molecule has 6 aromatic heterocycles. The minimum Gasteiger partial charge on any atom is -0.454 e. The van der Waals surface area contributed by atoms with Gasteiger partial charge in [-0.25, -0.2) is 9.97 Å². The standard InChI is InChI=1S/C61H81N5OS3/c1-7-11-15-19-23-27-31-44-39-52(68-43(44)6)54-57-58(64-49(34-30-26-22-18-14-10-4)48(63-57)33-29-25-21-17-13-9-3)55(60-59(54)65-70-66-60)53-40-45(32-28-24-20-16-12-8-2)61(69-53)46-38-51-56(62-41-46)47-36-35-42(5)37-50(47)67-51/h35-41H,7-34H2,1-6H3. The maximum atomic E-state index is 6.52. The Hall–Kier alpha value is -4.05. The van der Waals surface area contributed by atoms with Crippen LogP contribution < -0.4 is 0 Å². The minimum absolute atomic E-state index is 0.838. The molecule has 0 atom stereocenters. The first kappa shape index (κ1) is 52.3. The van der Waals surface area contributed by atoms with Crippen molar-refractivity contribution in [1.29, 1.82) is 0 Å². The monoisotopic (exact) mass is 996 g/mol. The number of thiophene rings is 2. The molecule has 9 heteroatoms. The number of aryl methyl sites for hydroxylation is 6. The van der Waals surface area contributed by atoms with Crippen LogP contribution in [0.2, 0.25) is 0 Å². The van der Waals surface area contributed by atoms with E-state index in [-0.39, 0.29) is 0 Å². The lowest BCUT2D eigenvalue weighted by Crippen LogP contribution is -2.05. The summed E-state index contributed by atoms with van der Waals surface area (Å²) in [4.78, 5) is 22.0. The van der Waals surface area contributed by atoms with Crippen molar-refractivity contribution in [2.24, 2.45) is 0 Å². The Morgan fingerprint density at radius 3 is 1.50 bits per heavy atom. The third kappa shape index (κ3) is 12.9. The first-order valence-corrected chi connectivity index (χ1v) is 30.3. The maximum Gasteiger partial charge on any atom is 0.154 e. The van der Waals surface area contributed by atoms with Gasteiger partial charge in [0.25, 0.3) is 0 Å². The lowest BCUT2D eigenvalue weighted by atomic mass is 9.98. The van der Waals surface area contributed by atoms with E-state index >= 15 is 0 Å². The molecule has 6 nitrogen and oxygen atoms in total. The largest absolute Gasteiger partial charge is 0.454 e. The van der Waals surface area contributed by atoms with Crippen LogP contribution in [0.25, 0.3) is 75.5 Å². The third-order valence-electron chi connectivity index (χ3n) is 14.7. The van der Waals surface area contributed by atoms with E-state index in [1.807, 2.05) is 22.7 Å². The molecule has 8 rings (SSSR count). The number of benzene rings is 2. The SMILES string of the molecule is CCCCCCCCc1cc(-c2c3nsnc3c(-c3cc(CCCCCCCC)c(-c4cnc5c(c4)oc4cc(C)ccc45)s3)c3nc(CCCCCCCC)c(CCCCCCCC)nc23)sc1C. The Morgan fingerprint density at radius 1 is 0.457 bits per heavy atom. The molecule has 0 amide bonds. The molecular weight excluding hydrogens is 915 g/mol. The quantitative estimate of drug-likeness (QED) is 0.0403. The summed E-state index contributed by atoms with van der Waals surface area (Å²) in [5.74, 6) is 0. The average molecular weight is 997 g/mol. The molecule has 8 aromatic rings. The minimum atomic E-state index is 0.838. The fourth-order valence-electron chi connectivity index (χ4n) is 10.5. The molecule has 0 saturated heterocycles. The van der Waals surface area contributed by atoms with Gasteiger partial charge < -0.3 is 4.42 Å². The van der Waals surface area contributed by atoms with E-state index in [0.29, 0.717) is 0 Å². The van der Waals surface area contributed by atoms with E-state index in [4.69, 9.17) is 28.1 Å². The number of pyridine rings is 1. The van der Waals surface area contributed by atoms with Crippen LogP contribution in [-0.2, 0) is 25.7 Å². The normalized spacial score (nSPS) is 12.0. The summed E-state index contributed by atoms with van der Waals surface area (Å²) in [5, 5.41) is 1.07. The fourth-order valence-corrected chi connectivity index (χ4v) is 13.5. The highest BCUT2D eigenvalue weighted by atomic mass is 32.1. The van der Waals surface area contributed by atoms with Gasteiger partial charge in [0, 0.05) is 47.8 Å². The van der Waals surface area contributed by atoms with Gasteiger partial charge in [0.1, 0.15) is 33.2 Å². The topological polar surface area (TPSA) is 77.6 Å². The van der Waals surface area contributed by atoms with E-state index in [2.05, 4.69) is 84.1 Å². The fraction of sp³-hybridized carbons (Fsp3) is 0.557. The summed E-state index contributed by atoms with van der Waals surface area (Å²) in [6.07, 6.45) is 36.7. The number of hydrogen-bond donors (Lipinski definition) is 0. The van der Waals surface area contributed by atoms with Gasteiger partial charge in [-0.05, 0) is 112 Å². The predicted molar refractivity (Wildman–Crippen MR) is 305 cm³/mol. The molecule has 374 valence electrons. The molecule has 0 spiro atoms. The molecule has 0 bridgehead atoms. The van der Waals surface area contributed by atoms with Gasteiger partial charge in [-0.3, -0.25) is 4.98 Å². The van der Waals surface area contributed by atoms with E-state index in [0.717, 1.165) is 106 Å². The number of aromatic nitrogens is 5. The second-order valence-electron chi connectivity index (χ2n) is 20.4. The average Bonchev–Trinajstić information content (AvgIpc) is 4.17. The summed E-state index contributed by atoms with van der Waals surface area (Å²) in [6, 6.07) is 13.6. The van der Waals surface area contributed by atoms with E-state index < -0.39 is 0 Å². The molecule has 0 fully saturated rings. The summed E-state index contributed by atoms with van der Waals surface area (Å²) in [5.41, 5.74) is 16.3. The highest BCUT2D eigenvalue weighted by Crippen LogP contribution is 2.48. The zero-order chi connectivity index (χ0) is 48.7. The van der Waals surface area contributed by atoms with Crippen molar-refractivity contribution >= 4 is 78.5 Å². The van der Waals surface area contributed by atoms with Crippen LogP contribution in [0.15, 0.2) is 47.0 Å². The molecule has 0 aliphatic heterocycles. The van der Waals surface area contributed by atoms with Crippen LogP contribution in [0.1, 0.15) is 215 Å². The van der Waals surface area contributed by atoms with Crippen molar-refractivity contribution in [3.05, 3.63) is 75.6 Å². The van der Waals surface area contributed by atoms with Crippen LogP contribution in [-0.4, -0.2) is 23.7 Å². The Labute approximate surface area is 432 Å². The number of unbranched alkanes of at least 4 members (excludes halogenated alkanes) is 20. The molecule has 0 N–H and O–H groups in total. The Kier molecular flexibility index (Phi) is 19.9. The molecule has 0 saturated carbocycles. The number of hydrogen-bond acceptors (Lipinski definition) is 9. The van der Waals surface area contributed by atoms with Crippen molar-refractivity contribution in [3.63, 3.8) is 0 Å². The van der Waals surface area contributed by atoms with Crippen LogP contribution in [0.5, 0.6) is 0 Å². The number of furan rings is 1. The van der Waals surface area contributed by atoms with Crippen molar-refractivity contribution < 1.29 is 4.42 Å². The molecule has 0 unspecified atom stereocenters. The predicted octanol–water partition coefficient (Wildman–Crippen LogP) is 20.3. The molecular formula is C61H81N5OS3. The molecule has 2 aromatic carbocycles. The Balaban J connectivity index is 1.27. The Bertz CT molecular complexity index is 2900. The van der Waals surface area contributed by atoms with Gasteiger partial charge in [-0.15, -0.1) is 22.7 Å². The van der Waals surface area contributed by atoms with Gasteiger partial charge in [-0.1, -0.05) is 162 Å². The van der Waals surface area contributed by atoms with Crippen molar-refractivity contribution in [2.75, 3.05) is 0 Å². The van der Waals surface area contributed by atoms with E-state index in [1.165, 1.54) is 194 Å². The van der Waals surface area contributed by atoms with Crippen molar-refractivity contribution in [2.45, 2.75) is 221 Å². The van der Waals surface area contributed by atoms with Crippen LogP contribution in [0.3, 0.4) is 0 Å². The van der Waals surface area contributed by atoms with Gasteiger partial charge in [-0.2, -0.15) is 8.75 Å². The maximum absolute atomic E-state index is 6.52. The summed E-state index contributed by atoms with van der Waals surface area (Å²) < 4.78 is 16.9. The zero-order valence-electron chi connectivity index (χ0n) is 43.7. The van der Waals surface area contributed by atoms with Crippen LogP contribution >= 0.6 is 34.4 Å². The summed E-state index contributed by atoms with van der Waals surface area (Å²) in [6.45, 7) is 13.6. The number of fused-ring (bicyclic) bond motifs is 5. The van der Waals surface area contributed by atoms with Crippen molar-refractivity contribution in [3.8, 4) is 31.3 Å². The first-order valence-electron chi connectivity index (χ1n) is 27.9. The Morgan fingerprint density at radius 2 is 0.943 bits per heavy atom. The second kappa shape index (κ2) is 26.6. The number of rotatable bonds is 31. The summed E-state index contributed by atoms with van der Waals surface area (Å²) in [7, 11) is 0. The summed E-state index contributed by atoms with van der Waals surface area (Å²) >= 11 is 5.12. The van der Waals surface area contributed by atoms with E-state index in [1.54, 1.807) is 0 Å². The smallest absolute Gasteiger partial charge is 0.154 e. The van der Waals surface area contributed by atoms with Crippen LogP contribution in [0, 0.1) is 13.8 Å². The van der Waals surface area contributed by atoms with Gasteiger partial charge >= 0.3 is 0 Å². The van der Waals surface area contributed by atoms with Gasteiger partial charge in [0.15, 0.2) is 5.58 Å². The van der Waals surface area contributed by atoms with Crippen LogP contribution in [0.4, 0.5) is 0 Å². The molecule has 0 aliphatic carbocycles. The highest BCUT2D eigenvalue weighted by Gasteiger charge is 2.27. The lowest BCUT2D eigenvalue weighted by Gasteiger charge is -2.15. The van der Waals surface area contributed by atoms with Gasteiger partial charge in [0.05, 0.1) is 23.1 Å². The molecule has 0 radical (unpaired) electrons. The second-order valence-corrected chi connectivity index (χ2v) is 23.3. The first-order chi connectivity index (χ1) is 34.4. The number of nitrogens with zero attached hydrogens (tertiary/aromatic N) is 5. The molecule has 6 heterocycles.